The Balaban J connectivity index is 1.75. The van der Waals surface area contributed by atoms with Gasteiger partial charge in [0.1, 0.15) is 0 Å². The number of para-hydroxylation sites is 1. The third-order valence-electron chi connectivity index (χ3n) is 3.42. The van der Waals surface area contributed by atoms with Crippen LogP contribution in [0.15, 0.2) is 53.0 Å². The number of anilines is 1. The molecule has 0 saturated heterocycles. The average Bonchev–Trinajstić information content (AvgIpc) is 3.23. The minimum Gasteiger partial charge on any atom is -0.380 e. The zero-order chi connectivity index (χ0) is 12.4. The lowest BCUT2D eigenvalue weighted by atomic mass is 10.0. The summed E-state index contributed by atoms with van der Waals surface area (Å²) < 4.78 is 1.12. The van der Waals surface area contributed by atoms with Gasteiger partial charge in [0.25, 0.3) is 0 Å². The Bertz CT molecular complexity index is 546. The number of nitrogens with one attached hydrogen (secondary N) is 1. The van der Waals surface area contributed by atoms with E-state index in [2.05, 4.69) is 63.7 Å². The van der Waals surface area contributed by atoms with Gasteiger partial charge in [-0.3, -0.25) is 0 Å². The van der Waals surface area contributed by atoms with Crippen molar-refractivity contribution < 1.29 is 0 Å². The van der Waals surface area contributed by atoms with E-state index in [0.717, 1.165) is 22.6 Å². The normalized spacial score (nSPS) is 14.5. The molecule has 0 spiro atoms. The van der Waals surface area contributed by atoms with Crippen molar-refractivity contribution in [2.45, 2.75) is 25.3 Å². The van der Waals surface area contributed by atoms with Gasteiger partial charge < -0.3 is 5.32 Å². The van der Waals surface area contributed by atoms with Crippen LogP contribution in [0.4, 0.5) is 5.69 Å². The van der Waals surface area contributed by atoms with Gasteiger partial charge in [0.05, 0.1) is 0 Å². The second-order valence-corrected chi connectivity index (χ2v) is 5.66. The molecule has 1 nitrogen and oxygen atoms in total. The summed E-state index contributed by atoms with van der Waals surface area (Å²) in [5.41, 5.74) is 4.11. The molecule has 0 bridgehead atoms. The summed E-state index contributed by atoms with van der Waals surface area (Å²) in [6.07, 6.45) is 2.71. The quantitative estimate of drug-likeness (QED) is 0.843. The van der Waals surface area contributed by atoms with Crippen molar-refractivity contribution in [3.05, 3.63) is 64.1 Å². The van der Waals surface area contributed by atoms with Crippen molar-refractivity contribution in [2.24, 2.45) is 0 Å². The van der Waals surface area contributed by atoms with Gasteiger partial charge in [-0.1, -0.05) is 36.4 Å². The predicted octanol–water partition coefficient (Wildman–Crippen LogP) is 4.94. The molecule has 0 aromatic heterocycles. The first-order chi connectivity index (χ1) is 8.84. The van der Waals surface area contributed by atoms with Gasteiger partial charge in [0, 0.05) is 16.7 Å². The lowest BCUT2D eigenvalue weighted by Gasteiger charge is -2.12. The summed E-state index contributed by atoms with van der Waals surface area (Å²) in [5, 5.41) is 3.51. The largest absolute Gasteiger partial charge is 0.380 e. The van der Waals surface area contributed by atoms with Gasteiger partial charge in [-0.05, 0) is 57.9 Å². The molecule has 0 atom stereocenters. The fraction of sp³-hybridized carbons (Fsp3) is 0.250. The Labute approximate surface area is 116 Å². The van der Waals surface area contributed by atoms with Crippen molar-refractivity contribution in [1.82, 2.24) is 0 Å². The van der Waals surface area contributed by atoms with E-state index in [-0.39, 0.29) is 0 Å². The second-order valence-electron chi connectivity index (χ2n) is 4.81. The van der Waals surface area contributed by atoms with E-state index >= 15 is 0 Å². The average molecular weight is 302 g/mol. The third-order valence-corrected chi connectivity index (χ3v) is 4.11. The summed E-state index contributed by atoms with van der Waals surface area (Å²) in [4.78, 5) is 0. The molecule has 0 radical (unpaired) electrons. The van der Waals surface area contributed by atoms with Gasteiger partial charge in [-0.2, -0.15) is 0 Å². The van der Waals surface area contributed by atoms with Gasteiger partial charge in [-0.15, -0.1) is 0 Å². The first-order valence-electron chi connectivity index (χ1n) is 6.41. The Morgan fingerprint density at radius 1 is 1.00 bits per heavy atom. The third kappa shape index (κ3) is 2.59. The number of hydrogen-bond acceptors (Lipinski definition) is 1. The summed E-state index contributed by atoms with van der Waals surface area (Å²) in [5.74, 6) is 0.808. The summed E-state index contributed by atoms with van der Waals surface area (Å²) in [6.45, 7) is 0.898. The highest BCUT2D eigenvalue weighted by Gasteiger charge is 2.25. The maximum atomic E-state index is 3.57. The molecule has 2 heteroatoms. The molecule has 0 heterocycles. The van der Waals surface area contributed by atoms with Crippen LogP contribution in [0, 0.1) is 0 Å². The Kier molecular flexibility index (Phi) is 3.37. The molecule has 1 fully saturated rings. The lowest BCUT2D eigenvalue weighted by Crippen LogP contribution is -2.02. The minimum atomic E-state index is 0.808. The van der Waals surface area contributed by atoms with Gasteiger partial charge in [-0.25, -0.2) is 0 Å². The van der Waals surface area contributed by atoms with Crippen molar-refractivity contribution >= 4 is 21.6 Å². The number of benzene rings is 2. The van der Waals surface area contributed by atoms with E-state index in [9.17, 15) is 0 Å². The predicted molar refractivity (Wildman–Crippen MR) is 79.9 cm³/mol. The zero-order valence-corrected chi connectivity index (χ0v) is 11.8. The van der Waals surface area contributed by atoms with Crippen LogP contribution in [0.2, 0.25) is 0 Å². The molecule has 92 valence electrons. The molecule has 1 saturated carbocycles. The van der Waals surface area contributed by atoms with Crippen molar-refractivity contribution in [2.75, 3.05) is 5.32 Å². The number of rotatable bonds is 4. The second kappa shape index (κ2) is 5.15. The monoisotopic (exact) mass is 301 g/mol. The first-order valence-corrected chi connectivity index (χ1v) is 7.20. The first kappa shape index (κ1) is 11.8. The summed E-state index contributed by atoms with van der Waals surface area (Å²) in [6, 6.07) is 17.0. The molecule has 18 heavy (non-hydrogen) atoms. The molecule has 0 amide bonds. The molecule has 1 N–H and O–H groups in total. The zero-order valence-electron chi connectivity index (χ0n) is 10.2. The van der Waals surface area contributed by atoms with Crippen molar-refractivity contribution in [3.8, 4) is 0 Å². The highest BCUT2D eigenvalue weighted by Crippen LogP contribution is 2.41. The standard InChI is InChI=1S/C16H16BrN/c17-15-7-3-4-8-16(15)18-11-13-5-1-2-6-14(13)12-9-10-12/h1-8,12,18H,9-11H2. The fourth-order valence-corrected chi connectivity index (χ4v) is 2.71. The SMILES string of the molecule is Brc1ccccc1NCc1ccccc1C1CC1. The fourth-order valence-electron chi connectivity index (χ4n) is 2.28. The van der Waals surface area contributed by atoms with Crippen LogP contribution < -0.4 is 5.32 Å². The summed E-state index contributed by atoms with van der Waals surface area (Å²) in [7, 11) is 0. The van der Waals surface area contributed by atoms with Crippen LogP contribution >= 0.6 is 15.9 Å². The maximum Gasteiger partial charge on any atom is 0.0487 e. The maximum absolute atomic E-state index is 3.57. The molecule has 1 aliphatic rings. The highest BCUT2D eigenvalue weighted by atomic mass is 79.9. The Morgan fingerprint density at radius 2 is 1.72 bits per heavy atom. The smallest absolute Gasteiger partial charge is 0.0487 e. The molecule has 0 unspecified atom stereocenters. The van der Waals surface area contributed by atoms with E-state index in [1.54, 1.807) is 0 Å². The van der Waals surface area contributed by atoms with Crippen LogP contribution in [0.1, 0.15) is 29.9 Å². The van der Waals surface area contributed by atoms with Gasteiger partial charge >= 0.3 is 0 Å². The highest BCUT2D eigenvalue weighted by molar-refractivity contribution is 9.10. The van der Waals surface area contributed by atoms with E-state index in [0.29, 0.717) is 0 Å². The van der Waals surface area contributed by atoms with Crippen LogP contribution in [0.5, 0.6) is 0 Å². The lowest BCUT2D eigenvalue weighted by molar-refractivity contribution is 1.03. The minimum absolute atomic E-state index is 0.808. The molecular formula is C16H16BrN. The van der Waals surface area contributed by atoms with Crippen LogP contribution in [0.3, 0.4) is 0 Å². The van der Waals surface area contributed by atoms with Crippen molar-refractivity contribution in [1.29, 1.82) is 0 Å². The van der Waals surface area contributed by atoms with Gasteiger partial charge in [0.15, 0.2) is 0 Å². The van der Waals surface area contributed by atoms with E-state index in [4.69, 9.17) is 0 Å². The number of halogens is 1. The van der Waals surface area contributed by atoms with E-state index < -0.39 is 0 Å². The Hall–Kier alpha value is -1.28. The number of hydrogen-bond donors (Lipinski definition) is 1. The Morgan fingerprint density at radius 3 is 2.50 bits per heavy atom. The van der Waals surface area contributed by atoms with Crippen LogP contribution in [0.25, 0.3) is 0 Å². The van der Waals surface area contributed by atoms with Crippen molar-refractivity contribution in [3.63, 3.8) is 0 Å². The summed E-state index contributed by atoms with van der Waals surface area (Å²) >= 11 is 3.57. The molecule has 3 rings (SSSR count). The van der Waals surface area contributed by atoms with E-state index in [1.165, 1.54) is 24.0 Å². The molecule has 1 aliphatic carbocycles. The molecule has 2 aromatic carbocycles. The topological polar surface area (TPSA) is 12.0 Å². The molecule has 2 aromatic rings. The molecular weight excluding hydrogens is 286 g/mol. The molecule has 0 aliphatic heterocycles. The van der Waals surface area contributed by atoms with Crippen LogP contribution in [-0.4, -0.2) is 0 Å². The van der Waals surface area contributed by atoms with Gasteiger partial charge in [0.2, 0.25) is 0 Å². The van der Waals surface area contributed by atoms with Crippen LogP contribution in [-0.2, 0) is 6.54 Å². The van der Waals surface area contributed by atoms with E-state index in [1.807, 2.05) is 6.07 Å².